The molecule has 0 aromatic heterocycles. The Hall–Kier alpha value is -2.86. The van der Waals surface area contributed by atoms with E-state index in [9.17, 15) is 14.7 Å². The Bertz CT molecular complexity index is 729. The molecular weight excluding hydrogens is 322 g/mol. The molecule has 2 rings (SSSR count). The van der Waals surface area contributed by atoms with Gasteiger partial charge < -0.3 is 19.5 Å². The highest BCUT2D eigenvalue weighted by Gasteiger charge is 2.48. The lowest BCUT2D eigenvalue weighted by Crippen LogP contribution is -2.45. The van der Waals surface area contributed by atoms with Crippen LogP contribution in [0.4, 0.5) is 11.4 Å². The molecule has 25 heavy (non-hydrogen) atoms. The van der Waals surface area contributed by atoms with Crippen LogP contribution in [0.3, 0.4) is 0 Å². The lowest BCUT2D eigenvalue weighted by molar-refractivity contribution is -0.183. The van der Waals surface area contributed by atoms with Crippen molar-refractivity contribution in [1.82, 2.24) is 0 Å². The molecular formula is C19H21NO5. The Morgan fingerprint density at radius 2 is 1.56 bits per heavy atom. The minimum absolute atomic E-state index is 0.0347. The van der Waals surface area contributed by atoms with Crippen LogP contribution in [0.1, 0.15) is 12.5 Å². The van der Waals surface area contributed by atoms with E-state index in [-0.39, 0.29) is 12.2 Å². The molecule has 2 aromatic rings. The third kappa shape index (κ3) is 3.64. The van der Waals surface area contributed by atoms with Gasteiger partial charge in [0.1, 0.15) is 0 Å². The Morgan fingerprint density at radius 1 is 1.00 bits per heavy atom. The Kier molecular flexibility index (Phi) is 5.77. The molecule has 2 aromatic carbocycles. The summed E-state index contributed by atoms with van der Waals surface area (Å²) in [5.74, 6) is -2.15. The van der Waals surface area contributed by atoms with Gasteiger partial charge in [-0.05, 0) is 31.2 Å². The Labute approximate surface area is 146 Å². The summed E-state index contributed by atoms with van der Waals surface area (Å²) in [6.07, 6.45) is 0. The molecule has 0 saturated carbocycles. The Morgan fingerprint density at radius 3 is 2.08 bits per heavy atom. The summed E-state index contributed by atoms with van der Waals surface area (Å²) < 4.78 is 9.42. The predicted molar refractivity (Wildman–Crippen MR) is 93.5 cm³/mol. The van der Waals surface area contributed by atoms with E-state index in [0.717, 1.165) is 18.5 Å². The van der Waals surface area contributed by atoms with Gasteiger partial charge in [0, 0.05) is 24.0 Å². The van der Waals surface area contributed by atoms with Crippen LogP contribution in [0, 0.1) is 0 Å². The van der Waals surface area contributed by atoms with E-state index in [1.54, 1.807) is 19.1 Å². The van der Waals surface area contributed by atoms with Gasteiger partial charge >= 0.3 is 11.9 Å². The average Bonchev–Trinajstić information content (AvgIpc) is 2.67. The molecule has 0 fully saturated rings. The summed E-state index contributed by atoms with van der Waals surface area (Å²) in [6.45, 7) is 1.63. The fraction of sp³-hybridized carbons (Fsp3) is 0.263. The molecule has 0 unspecified atom stereocenters. The monoisotopic (exact) mass is 343 g/mol. The summed E-state index contributed by atoms with van der Waals surface area (Å²) >= 11 is 0. The van der Waals surface area contributed by atoms with Crippen molar-refractivity contribution in [2.75, 3.05) is 25.7 Å². The number of ether oxygens (including phenoxy) is 2. The number of carbonyl (C=O) groups is 2. The lowest BCUT2D eigenvalue weighted by Gasteiger charge is -2.25. The molecule has 0 heterocycles. The van der Waals surface area contributed by atoms with Crippen LogP contribution in [0.2, 0.25) is 0 Å². The Balaban J connectivity index is 2.35. The first-order valence-corrected chi connectivity index (χ1v) is 7.82. The van der Waals surface area contributed by atoms with Gasteiger partial charge in [-0.3, -0.25) is 0 Å². The molecule has 1 atom stereocenters. The number of hydrogen-bond donors (Lipinski definition) is 1. The number of rotatable bonds is 6. The number of hydrogen-bond acceptors (Lipinski definition) is 6. The summed E-state index contributed by atoms with van der Waals surface area (Å²) in [7, 11) is 2.99. The number of para-hydroxylation sites is 1. The second-order valence-corrected chi connectivity index (χ2v) is 5.36. The molecule has 0 spiro atoms. The molecule has 0 bridgehead atoms. The summed E-state index contributed by atoms with van der Waals surface area (Å²) in [5.41, 5.74) is -0.605. The summed E-state index contributed by atoms with van der Waals surface area (Å²) in [4.78, 5) is 26.1. The minimum Gasteiger partial charge on any atom is -0.466 e. The van der Waals surface area contributed by atoms with Crippen molar-refractivity contribution >= 4 is 23.3 Å². The van der Waals surface area contributed by atoms with E-state index in [2.05, 4.69) is 4.74 Å². The van der Waals surface area contributed by atoms with Gasteiger partial charge in [-0.15, -0.1) is 0 Å². The molecule has 1 N–H and O–H groups in total. The SMILES string of the molecule is CCOC(=O)[C@@](O)(C(=O)OC)c1ccc(N(C)c2ccccc2)cc1. The van der Waals surface area contributed by atoms with Crippen molar-refractivity contribution in [2.24, 2.45) is 0 Å². The van der Waals surface area contributed by atoms with Crippen LogP contribution < -0.4 is 4.90 Å². The number of carbonyl (C=O) groups excluding carboxylic acids is 2. The van der Waals surface area contributed by atoms with Crippen molar-refractivity contribution < 1.29 is 24.2 Å². The molecule has 6 nitrogen and oxygen atoms in total. The van der Waals surface area contributed by atoms with Crippen LogP contribution in [0.15, 0.2) is 54.6 Å². The zero-order chi connectivity index (χ0) is 18.4. The van der Waals surface area contributed by atoms with Gasteiger partial charge in [-0.1, -0.05) is 30.3 Å². The van der Waals surface area contributed by atoms with E-state index < -0.39 is 17.5 Å². The molecule has 0 aliphatic heterocycles. The van der Waals surface area contributed by atoms with Gasteiger partial charge in [0.15, 0.2) is 0 Å². The van der Waals surface area contributed by atoms with E-state index in [0.29, 0.717) is 0 Å². The van der Waals surface area contributed by atoms with E-state index in [1.165, 1.54) is 12.1 Å². The number of aliphatic hydroxyl groups is 1. The summed E-state index contributed by atoms with van der Waals surface area (Å²) in [6, 6.07) is 16.1. The van der Waals surface area contributed by atoms with Gasteiger partial charge in [0.2, 0.25) is 0 Å². The van der Waals surface area contributed by atoms with Crippen LogP contribution >= 0.6 is 0 Å². The van der Waals surface area contributed by atoms with Crippen LogP contribution in [0.5, 0.6) is 0 Å². The van der Waals surface area contributed by atoms with Gasteiger partial charge in [-0.25, -0.2) is 9.59 Å². The minimum atomic E-state index is -2.49. The number of methoxy groups -OCH3 is 1. The third-order valence-corrected chi connectivity index (χ3v) is 3.87. The molecule has 6 heteroatoms. The molecule has 0 aliphatic rings. The van der Waals surface area contributed by atoms with Crippen LogP contribution in [-0.4, -0.2) is 37.8 Å². The lowest BCUT2D eigenvalue weighted by atomic mass is 9.93. The largest absolute Gasteiger partial charge is 0.466 e. The average molecular weight is 343 g/mol. The van der Waals surface area contributed by atoms with Crippen molar-refractivity contribution in [2.45, 2.75) is 12.5 Å². The first-order chi connectivity index (χ1) is 11.9. The van der Waals surface area contributed by atoms with Gasteiger partial charge in [0.05, 0.1) is 13.7 Å². The van der Waals surface area contributed by atoms with Crippen molar-refractivity contribution in [3.05, 3.63) is 60.2 Å². The highest BCUT2D eigenvalue weighted by Crippen LogP contribution is 2.29. The van der Waals surface area contributed by atoms with Crippen LogP contribution in [0.25, 0.3) is 0 Å². The fourth-order valence-electron chi connectivity index (χ4n) is 2.43. The van der Waals surface area contributed by atoms with E-state index in [4.69, 9.17) is 4.74 Å². The van der Waals surface area contributed by atoms with Gasteiger partial charge in [-0.2, -0.15) is 0 Å². The maximum atomic E-state index is 12.1. The molecule has 0 aliphatic carbocycles. The number of benzene rings is 2. The predicted octanol–water partition coefficient (Wildman–Crippen LogP) is 2.38. The zero-order valence-corrected chi connectivity index (χ0v) is 14.4. The van der Waals surface area contributed by atoms with Crippen molar-refractivity contribution in [3.8, 4) is 0 Å². The smallest absolute Gasteiger partial charge is 0.354 e. The second kappa shape index (κ2) is 7.81. The van der Waals surface area contributed by atoms with Gasteiger partial charge in [0.25, 0.3) is 5.60 Å². The maximum absolute atomic E-state index is 12.1. The topological polar surface area (TPSA) is 76.1 Å². The van der Waals surface area contributed by atoms with Crippen molar-refractivity contribution in [3.63, 3.8) is 0 Å². The standard InChI is InChI=1S/C19H21NO5/c1-4-25-18(22)19(23,17(21)24-3)14-10-12-16(13-11-14)20(2)15-8-6-5-7-9-15/h5-13,23H,4H2,1-3H3/t19-/m0/s1. The number of nitrogens with zero attached hydrogens (tertiary/aromatic N) is 1. The fourth-order valence-corrected chi connectivity index (χ4v) is 2.43. The summed E-state index contributed by atoms with van der Waals surface area (Å²) in [5, 5.41) is 10.6. The molecule has 132 valence electrons. The number of anilines is 2. The number of esters is 2. The molecule has 0 saturated heterocycles. The van der Waals surface area contributed by atoms with Crippen molar-refractivity contribution in [1.29, 1.82) is 0 Å². The molecule has 0 amide bonds. The second-order valence-electron chi connectivity index (χ2n) is 5.36. The first kappa shape index (κ1) is 18.5. The third-order valence-electron chi connectivity index (χ3n) is 3.87. The highest BCUT2D eigenvalue weighted by molar-refractivity contribution is 6.04. The van der Waals surface area contributed by atoms with E-state index in [1.807, 2.05) is 42.3 Å². The maximum Gasteiger partial charge on any atom is 0.354 e. The highest BCUT2D eigenvalue weighted by atomic mass is 16.6. The normalized spacial score (nSPS) is 12.8. The zero-order valence-electron chi connectivity index (χ0n) is 14.4. The quantitative estimate of drug-likeness (QED) is 0.641. The van der Waals surface area contributed by atoms with E-state index >= 15 is 0 Å². The first-order valence-electron chi connectivity index (χ1n) is 7.82. The molecule has 0 radical (unpaired) electrons. The van der Waals surface area contributed by atoms with Crippen LogP contribution in [-0.2, 0) is 24.7 Å².